The van der Waals surface area contributed by atoms with E-state index in [0.717, 1.165) is 39.2 Å². The second-order valence-corrected chi connectivity index (χ2v) is 6.47. The van der Waals surface area contributed by atoms with Crippen molar-refractivity contribution in [1.82, 2.24) is 19.4 Å². The Labute approximate surface area is 157 Å². The number of imidazole rings is 1. The molecule has 4 aromatic rings. The number of pyridine rings is 1. The number of ether oxygens (including phenoxy) is 2. The monoisotopic (exact) mass is 363 g/mol. The summed E-state index contributed by atoms with van der Waals surface area (Å²) in [4.78, 5) is 13.7. The van der Waals surface area contributed by atoms with Crippen LogP contribution in [0, 0.1) is 20.8 Å². The zero-order valence-corrected chi connectivity index (χ0v) is 16.0. The zero-order valence-electron chi connectivity index (χ0n) is 16.0. The van der Waals surface area contributed by atoms with Crippen molar-refractivity contribution in [2.24, 2.45) is 0 Å². The lowest BCUT2D eigenvalue weighted by molar-refractivity contribution is 0.355. The molecule has 7 heteroatoms. The molecule has 3 aromatic heterocycles. The van der Waals surface area contributed by atoms with Gasteiger partial charge in [-0.3, -0.25) is 9.38 Å². The summed E-state index contributed by atoms with van der Waals surface area (Å²) in [6, 6.07) is 5.83. The number of rotatable bonds is 4. The van der Waals surface area contributed by atoms with E-state index in [0.29, 0.717) is 17.3 Å². The van der Waals surface area contributed by atoms with E-state index in [1.165, 1.54) is 0 Å². The van der Waals surface area contributed by atoms with Gasteiger partial charge in [-0.1, -0.05) is 0 Å². The van der Waals surface area contributed by atoms with Crippen LogP contribution in [0.3, 0.4) is 0 Å². The minimum atomic E-state index is 0.632. The highest BCUT2D eigenvalue weighted by Gasteiger charge is 2.15. The molecular weight excluding hydrogens is 342 g/mol. The van der Waals surface area contributed by atoms with E-state index in [9.17, 15) is 0 Å². The number of anilines is 2. The Morgan fingerprint density at radius 3 is 2.37 bits per heavy atom. The van der Waals surface area contributed by atoms with E-state index in [1.807, 2.05) is 30.4 Å². The Balaban J connectivity index is 1.94. The lowest BCUT2D eigenvalue weighted by Crippen LogP contribution is -2.04. The van der Waals surface area contributed by atoms with Gasteiger partial charge in [-0.25, -0.2) is 9.97 Å². The number of hydrogen-bond donors (Lipinski definition) is 1. The lowest BCUT2D eigenvalue weighted by atomic mass is 10.1. The minimum absolute atomic E-state index is 0.632. The SMILES string of the molecule is COc1cc2nc(Nc3c(C)cc(C)nc3C)c3cncn3c2cc1OC. The lowest BCUT2D eigenvalue weighted by Gasteiger charge is -2.15. The molecule has 0 aliphatic heterocycles. The van der Waals surface area contributed by atoms with Crippen LogP contribution in [-0.4, -0.2) is 33.6 Å². The van der Waals surface area contributed by atoms with Gasteiger partial charge in [0.15, 0.2) is 17.3 Å². The summed E-state index contributed by atoms with van der Waals surface area (Å²) in [6.07, 6.45) is 3.56. The zero-order chi connectivity index (χ0) is 19.1. The first-order valence-electron chi connectivity index (χ1n) is 8.61. The Bertz CT molecular complexity index is 1140. The molecular formula is C20H21N5O2. The first-order chi connectivity index (χ1) is 13.0. The van der Waals surface area contributed by atoms with E-state index in [-0.39, 0.29) is 0 Å². The molecule has 0 aliphatic carbocycles. The van der Waals surface area contributed by atoms with E-state index in [2.05, 4.69) is 28.3 Å². The van der Waals surface area contributed by atoms with Crippen molar-refractivity contribution in [3.8, 4) is 11.5 Å². The molecule has 0 saturated heterocycles. The van der Waals surface area contributed by atoms with Gasteiger partial charge in [-0.05, 0) is 32.4 Å². The second kappa shape index (κ2) is 6.42. The van der Waals surface area contributed by atoms with Gasteiger partial charge in [0.1, 0.15) is 5.52 Å². The highest BCUT2D eigenvalue weighted by Crippen LogP contribution is 2.34. The summed E-state index contributed by atoms with van der Waals surface area (Å²) in [5, 5.41) is 3.45. The fourth-order valence-electron chi connectivity index (χ4n) is 3.40. The van der Waals surface area contributed by atoms with Gasteiger partial charge in [0.25, 0.3) is 0 Å². The fraction of sp³-hybridized carbons (Fsp3) is 0.250. The molecule has 27 heavy (non-hydrogen) atoms. The number of benzene rings is 1. The third-order valence-electron chi connectivity index (χ3n) is 4.62. The minimum Gasteiger partial charge on any atom is -0.493 e. The second-order valence-electron chi connectivity index (χ2n) is 6.47. The molecule has 0 aliphatic rings. The summed E-state index contributed by atoms with van der Waals surface area (Å²) in [7, 11) is 3.23. The maximum atomic E-state index is 5.43. The summed E-state index contributed by atoms with van der Waals surface area (Å²) in [6.45, 7) is 6.05. The van der Waals surface area contributed by atoms with Crippen molar-refractivity contribution in [3.05, 3.63) is 47.7 Å². The van der Waals surface area contributed by atoms with E-state index in [4.69, 9.17) is 14.5 Å². The Morgan fingerprint density at radius 2 is 1.67 bits per heavy atom. The van der Waals surface area contributed by atoms with Gasteiger partial charge in [-0.15, -0.1) is 0 Å². The molecule has 138 valence electrons. The van der Waals surface area contributed by atoms with Crippen LogP contribution in [0.2, 0.25) is 0 Å². The molecule has 0 saturated carbocycles. The molecule has 7 nitrogen and oxygen atoms in total. The van der Waals surface area contributed by atoms with Crippen LogP contribution >= 0.6 is 0 Å². The first-order valence-corrected chi connectivity index (χ1v) is 8.61. The van der Waals surface area contributed by atoms with Gasteiger partial charge in [0, 0.05) is 17.8 Å². The smallest absolute Gasteiger partial charge is 0.163 e. The quantitative estimate of drug-likeness (QED) is 0.591. The van der Waals surface area contributed by atoms with E-state index < -0.39 is 0 Å². The molecule has 4 rings (SSSR count). The van der Waals surface area contributed by atoms with E-state index in [1.54, 1.807) is 26.7 Å². The number of aryl methyl sites for hydroxylation is 3. The normalized spacial score (nSPS) is 11.1. The summed E-state index contributed by atoms with van der Waals surface area (Å²) in [5.74, 6) is 1.99. The van der Waals surface area contributed by atoms with Crippen LogP contribution in [0.1, 0.15) is 17.0 Å². The third kappa shape index (κ3) is 2.81. The molecule has 0 atom stereocenters. The number of nitrogens with one attached hydrogen (secondary N) is 1. The largest absolute Gasteiger partial charge is 0.493 e. The molecule has 1 aromatic carbocycles. The van der Waals surface area contributed by atoms with Crippen LogP contribution in [0.25, 0.3) is 16.6 Å². The van der Waals surface area contributed by atoms with Crippen LogP contribution in [0.5, 0.6) is 11.5 Å². The van der Waals surface area contributed by atoms with Gasteiger partial charge in [-0.2, -0.15) is 0 Å². The van der Waals surface area contributed by atoms with E-state index >= 15 is 0 Å². The predicted molar refractivity (Wildman–Crippen MR) is 105 cm³/mol. The van der Waals surface area contributed by atoms with Crippen molar-refractivity contribution in [2.45, 2.75) is 20.8 Å². The molecule has 0 bridgehead atoms. The average molecular weight is 363 g/mol. The number of hydrogen-bond acceptors (Lipinski definition) is 6. The van der Waals surface area contributed by atoms with Crippen LogP contribution in [0.15, 0.2) is 30.7 Å². The number of nitrogens with zero attached hydrogens (tertiary/aromatic N) is 4. The molecule has 0 spiro atoms. The number of methoxy groups -OCH3 is 2. The average Bonchev–Trinajstić information content (AvgIpc) is 3.13. The molecule has 3 heterocycles. The maximum Gasteiger partial charge on any atom is 0.163 e. The Hall–Kier alpha value is -3.35. The molecule has 0 unspecified atom stereocenters. The van der Waals surface area contributed by atoms with Gasteiger partial charge in [0.2, 0.25) is 0 Å². The van der Waals surface area contributed by atoms with Gasteiger partial charge in [0.05, 0.1) is 49.2 Å². The Morgan fingerprint density at radius 1 is 0.926 bits per heavy atom. The number of fused-ring (bicyclic) bond motifs is 3. The molecule has 0 amide bonds. The van der Waals surface area contributed by atoms with Crippen molar-refractivity contribution >= 4 is 28.1 Å². The van der Waals surface area contributed by atoms with Crippen molar-refractivity contribution < 1.29 is 9.47 Å². The van der Waals surface area contributed by atoms with Crippen molar-refractivity contribution in [2.75, 3.05) is 19.5 Å². The third-order valence-corrected chi connectivity index (χ3v) is 4.62. The topological polar surface area (TPSA) is 73.6 Å². The fourth-order valence-corrected chi connectivity index (χ4v) is 3.40. The molecule has 1 N–H and O–H groups in total. The van der Waals surface area contributed by atoms with Crippen LogP contribution in [0.4, 0.5) is 11.5 Å². The van der Waals surface area contributed by atoms with Crippen LogP contribution < -0.4 is 14.8 Å². The number of aromatic nitrogens is 4. The summed E-state index contributed by atoms with van der Waals surface area (Å²) in [5.41, 5.74) is 6.53. The molecule has 0 radical (unpaired) electrons. The highest BCUT2D eigenvalue weighted by molar-refractivity contribution is 5.88. The molecule has 0 fully saturated rings. The summed E-state index contributed by atoms with van der Waals surface area (Å²) < 4.78 is 12.8. The highest BCUT2D eigenvalue weighted by atomic mass is 16.5. The van der Waals surface area contributed by atoms with Crippen LogP contribution in [-0.2, 0) is 0 Å². The van der Waals surface area contributed by atoms with Gasteiger partial charge >= 0.3 is 0 Å². The maximum absolute atomic E-state index is 5.43. The standard InChI is InChI=1S/C20H21N5O2/c1-11-6-12(2)22-13(3)19(11)24-20-16-9-21-10-25(16)15-8-18(27-5)17(26-4)7-14(15)23-20/h6-10H,1-5H3,(H,23,24). The van der Waals surface area contributed by atoms with Gasteiger partial charge < -0.3 is 14.8 Å². The predicted octanol–water partition coefficient (Wildman–Crippen LogP) is 3.96. The Kier molecular flexibility index (Phi) is 4.07. The first kappa shape index (κ1) is 17.1. The summed E-state index contributed by atoms with van der Waals surface area (Å²) >= 11 is 0. The van der Waals surface area contributed by atoms with Crippen molar-refractivity contribution in [1.29, 1.82) is 0 Å². The van der Waals surface area contributed by atoms with Crippen molar-refractivity contribution in [3.63, 3.8) is 0 Å².